The number of fused-ring (bicyclic) bond motifs is 2. The number of hydrogen-bond donors (Lipinski definition) is 1. The smallest absolute Gasteiger partial charge is 0.358 e. The van der Waals surface area contributed by atoms with Gasteiger partial charge < -0.3 is 14.3 Å². The lowest BCUT2D eigenvalue weighted by Crippen LogP contribution is -2.47. The molecule has 1 N–H and O–H groups in total. The molecule has 0 radical (unpaired) electrons. The number of imidazole rings is 1. The Hall–Kier alpha value is -3.36. The maximum atomic E-state index is 15.0. The van der Waals surface area contributed by atoms with Gasteiger partial charge in [-0.3, -0.25) is 0 Å². The van der Waals surface area contributed by atoms with Crippen LogP contribution < -0.4 is 0 Å². The summed E-state index contributed by atoms with van der Waals surface area (Å²) in [5, 5.41) is 9.21. The second-order valence-corrected chi connectivity index (χ2v) is 9.82. The van der Waals surface area contributed by atoms with Gasteiger partial charge in [-0.05, 0) is 42.8 Å². The van der Waals surface area contributed by atoms with E-state index in [0.29, 0.717) is 11.1 Å². The molecule has 2 aromatic carbocycles. The van der Waals surface area contributed by atoms with Crippen molar-refractivity contribution in [2.75, 3.05) is 13.4 Å². The maximum absolute atomic E-state index is 15.0. The van der Waals surface area contributed by atoms with Gasteiger partial charge in [0.15, 0.2) is 15.7 Å². The number of aromatic nitrogens is 3. The molecule has 0 saturated carbocycles. The first-order valence-electron chi connectivity index (χ1n) is 9.66. The highest BCUT2D eigenvalue weighted by atomic mass is 32.2. The van der Waals surface area contributed by atoms with Crippen molar-refractivity contribution in [1.29, 1.82) is 5.26 Å². The molecule has 0 aliphatic rings. The minimum absolute atomic E-state index is 0.0790. The molecule has 0 fully saturated rings. The van der Waals surface area contributed by atoms with Gasteiger partial charge in [-0.1, -0.05) is 0 Å². The molecule has 7 nitrogen and oxygen atoms in total. The number of sulfone groups is 1. The number of rotatable bonds is 4. The van der Waals surface area contributed by atoms with Crippen molar-refractivity contribution in [2.45, 2.75) is 23.6 Å². The Balaban J connectivity index is 2.23. The van der Waals surface area contributed by atoms with Gasteiger partial charge in [-0.2, -0.15) is 18.4 Å². The predicted octanol–water partition coefficient (Wildman–Crippen LogP) is 4.09. The van der Waals surface area contributed by atoms with E-state index in [1.54, 1.807) is 24.7 Å². The summed E-state index contributed by atoms with van der Waals surface area (Å²) in [6.45, 7) is 1.63. The van der Waals surface area contributed by atoms with E-state index in [4.69, 9.17) is 10.00 Å². The standard InChI is InChI=1S/C22H19F3N4O3S/c1-12-9-17(33(4,30)31)18(14-7-8-29(2)19(12)14)21(32-3,22(23,24)25)20-27-15-6-5-13(11-26)10-16(15)28-20/h5-10H,1-4H3,(H,27,28). The number of aryl methyl sites for hydroxylation is 2. The quantitative estimate of drug-likeness (QED) is 0.478. The Labute approximate surface area is 187 Å². The number of methoxy groups -OCH3 is 1. The molecule has 0 spiro atoms. The van der Waals surface area contributed by atoms with E-state index in [1.807, 2.05) is 6.07 Å². The first kappa shape index (κ1) is 22.8. The molecule has 0 saturated heterocycles. The van der Waals surface area contributed by atoms with Gasteiger partial charge in [0.25, 0.3) is 0 Å². The summed E-state index contributed by atoms with van der Waals surface area (Å²) < 4.78 is 77.2. The average Bonchev–Trinajstić information content (AvgIpc) is 3.32. The van der Waals surface area contributed by atoms with Crippen LogP contribution in [-0.2, 0) is 27.2 Å². The van der Waals surface area contributed by atoms with E-state index in [-0.39, 0.29) is 22.0 Å². The molecule has 4 aromatic rings. The summed E-state index contributed by atoms with van der Waals surface area (Å²) in [7, 11) is -1.59. The van der Waals surface area contributed by atoms with Gasteiger partial charge >= 0.3 is 6.18 Å². The minimum Gasteiger partial charge on any atom is -0.358 e. The number of H-pyrrole nitrogens is 1. The number of halogens is 3. The molecular formula is C22H19F3N4O3S. The highest BCUT2D eigenvalue weighted by molar-refractivity contribution is 7.90. The number of benzene rings is 2. The monoisotopic (exact) mass is 476 g/mol. The van der Waals surface area contributed by atoms with Crippen LogP contribution in [0.1, 0.15) is 22.5 Å². The topological polar surface area (TPSA) is 101 Å². The third kappa shape index (κ3) is 3.29. The zero-order chi connectivity index (χ0) is 24.3. The van der Waals surface area contributed by atoms with E-state index in [0.717, 1.165) is 13.4 Å². The van der Waals surface area contributed by atoms with E-state index in [9.17, 15) is 21.6 Å². The second kappa shape index (κ2) is 7.33. The van der Waals surface area contributed by atoms with Gasteiger partial charge in [0.1, 0.15) is 0 Å². The van der Waals surface area contributed by atoms with Crippen molar-refractivity contribution in [3.05, 3.63) is 59.0 Å². The summed E-state index contributed by atoms with van der Waals surface area (Å²) in [5.74, 6) is -0.638. The summed E-state index contributed by atoms with van der Waals surface area (Å²) in [5.41, 5.74) is -2.28. The van der Waals surface area contributed by atoms with Gasteiger partial charge in [0, 0.05) is 37.6 Å². The summed E-state index contributed by atoms with van der Waals surface area (Å²) in [4.78, 5) is 6.24. The van der Waals surface area contributed by atoms with Gasteiger partial charge in [0.05, 0.1) is 33.1 Å². The van der Waals surface area contributed by atoms with E-state index < -0.39 is 37.9 Å². The average molecular weight is 476 g/mol. The molecule has 4 rings (SSSR count). The molecule has 0 amide bonds. The second-order valence-electron chi connectivity index (χ2n) is 7.84. The van der Waals surface area contributed by atoms with E-state index in [1.165, 1.54) is 30.3 Å². The third-order valence-electron chi connectivity index (χ3n) is 5.71. The number of nitrogens with one attached hydrogen (secondary N) is 1. The number of alkyl halides is 3. The summed E-state index contributed by atoms with van der Waals surface area (Å²) >= 11 is 0. The Kier molecular flexibility index (Phi) is 5.07. The molecule has 172 valence electrons. The zero-order valence-electron chi connectivity index (χ0n) is 18.1. The lowest BCUT2D eigenvalue weighted by atomic mass is 9.88. The van der Waals surface area contributed by atoms with Crippen molar-refractivity contribution >= 4 is 31.8 Å². The van der Waals surface area contributed by atoms with Gasteiger partial charge in [0.2, 0.25) is 5.60 Å². The molecule has 1 unspecified atom stereocenters. The third-order valence-corrected chi connectivity index (χ3v) is 6.83. The van der Waals surface area contributed by atoms with Crippen LogP contribution in [0.25, 0.3) is 21.9 Å². The Morgan fingerprint density at radius 1 is 1.21 bits per heavy atom. The summed E-state index contributed by atoms with van der Waals surface area (Å²) in [6.07, 6.45) is -2.69. The highest BCUT2D eigenvalue weighted by Crippen LogP contribution is 2.51. The van der Waals surface area contributed by atoms with E-state index in [2.05, 4.69) is 9.97 Å². The maximum Gasteiger partial charge on any atom is 0.429 e. The highest BCUT2D eigenvalue weighted by Gasteiger charge is 2.62. The van der Waals surface area contributed by atoms with Gasteiger partial charge in [-0.25, -0.2) is 13.4 Å². The number of hydrogen-bond acceptors (Lipinski definition) is 5. The fraction of sp³-hybridized carbons (Fsp3) is 0.273. The van der Waals surface area contributed by atoms with Crippen molar-refractivity contribution < 1.29 is 26.3 Å². The van der Waals surface area contributed by atoms with Gasteiger partial charge in [-0.15, -0.1) is 0 Å². The molecule has 0 aliphatic carbocycles. The van der Waals surface area contributed by atoms with Crippen LogP contribution in [0.3, 0.4) is 0 Å². The van der Waals surface area contributed by atoms with Crippen molar-refractivity contribution in [1.82, 2.24) is 14.5 Å². The molecule has 11 heteroatoms. The number of ether oxygens (including phenoxy) is 1. The SMILES string of the molecule is COC(c1nc2ccc(C#N)cc2[nH]1)(c1c(S(C)(=O)=O)cc(C)c2c1ccn2C)C(F)(F)F. The summed E-state index contributed by atoms with van der Waals surface area (Å²) in [6, 6.07) is 8.79. The van der Waals surface area contributed by atoms with Crippen LogP contribution in [-0.4, -0.2) is 42.5 Å². The van der Waals surface area contributed by atoms with Crippen LogP contribution in [0.4, 0.5) is 13.2 Å². The number of nitrogens with zero attached hydrogens (tertiary/aromatic N) is 3. The number of nitriles is 1. The van der Waals surface area contributed by atoms with Crippen molar-refractivity contribution in [3.63, 3.8) is 0 Å². The minimum atomic E-state index is -5.11. The fourth-order valence-electron chi connectivity index (χ4n) is 4.30. The van der Waals surface area contributed by atoms with Crippen LogP contribution in [0.2, 0.25) is 0 Å². The molecule has 2 aromatic heterocycles. The molecule has 0 aliphatic heterocycles. The Morgan fingerprint density at radius 2 is 1.91 bits per heavy atom. The molecule has 0 bridgehead atoms. The Morgan fingerprint density at radius 3 is 2.48 bits per heavy atom. The zero-order valence-corrected chi connectivity index (χ0v) is 18.9. The predicted molar refractivity (Wildman–Crippen MR) is 115 cm³/mol. The van der Waals surface area contributed by atoms with Crippen LogP contribution in [0.15, 0.2) is 41.4 Å². The first-order valence-corrected chi connectivity index (χ1v) is 11.6. The normalized spacial score (nSPS) is 14.5. The molecular weight excluding hydrogens is 457 g/mol. The fourth-order valence-corrected chi connectivity index (χ4v) is 5.32. The van der Waals surface area contributed by atoms with Crippen molar-refractivity contribution in [2.24, 2.45) is 7.05 Å². The lowest BCUT2D eigenvalue weighted by Gasteiger charge is -2.35. The van der Waals surface area contributed by atoms with Crippen LogP contribution in [0.5, 0.6) is 0 Å². The molecule has 2 heterocycles. The van der Waals surface area contributed by atoms with Crippen LogP contribution >= 0.6 is 0 Å². The lowest BCUT2D eigenvalue weighted by molar-refractivity contribution is -0.261. The van der Waals surface area contributed by atoms with E-state index >= 15 is 0 Å². The molecule has 1 atom stereocenters. The first-order chi connectivity index (χ1) is 15.3. The largest absolute Gasteiger partial charge is 0.429 e. The van der Waals surface area contributed by atoms with Crippen molar-refractivity contribution in [3.8, 4) is 6.07 Å². The number of aromatic amines is 1. The molecule has 33 heavy (non-hydrogen) atoms. The van der Waals surface area contributed by atoms with Crippen LogP contribution in [0, 0.1) is 18.3 Å². The Bertz CT molecular complexity index is 1560.